The minimum atomic E-state index is -3.58. The van der Waals surface area contributed by atoms with Crippen LogP contribution in [0.15, 0.2) is 59.5 Å². The van der Waals surface area contributed by atoms with Crippen molar-refractivity contribution in [2.24, 2.45) is 0 Å². The molecule has 1 saturated heterocycles. The number of Topliss-reactive ketones (excluding diaryl/α,β-unsaturated/α-hetero) is 1. The molecule has 4 nitrogen and oxygen atoms in total. The molecular formula is C19H21NO3S2. The third-order valence-electron chi connectivity index (χ3n) is 4.35. The molecule has 2 aromatic carbocycles. The maximum Gasteiger partial charge on any atom is 0.243 e. The topological polar surface area (TPSA) is 54.5 Å². The molecule has 0 spiro atoms. The molecule has 0 aromatic heterocycles. The van der Waals surface area contributed by atoms with Gasteiger partial charge < -0.3 is 0 Å². The smallest absolute Gasteiger partial charge is 0.243 e. The summed E-state index contributed by atoms with van der Waals surface area (Å²) in [5.41, 5.74) is 1.66. The monoisotopic (exact) mass is 375 g/mol. The largest absolute Gasteiger partial charge is 0.295 e. The van der Waals surface area contributed by atoms with Crippen molar-refractivity contribution in [2.45, 2.75) is 23.5 Å². The molecule has 3 rings (SSSR count). The molecule has 132 valence electrons. The van der Waals surface area contributed by atoms with E-state index in [1.54, 1.807) is 34.3 Å². The summed E-state index contributed by atoms with van der Waals surface area (Å²) in [6, 6.07) is 16.5. The van der Waals surface area contributed by atoms with Gasteiger partial charge in [-0.2, -0.15) is 16.1 Å². The second-order valence-corrected chi connectivity index (χ2v) is 9.30. The zero-order chi connectivity index (χ0) is 17.9. The van der Waals surface area contributed by atoms with Crippen LogP contribution in [0.25, 0.3) is 0 Å². The molecule has 1 atom stereocenters. The molecular weight excluding hydrogens is 354 g/mol. The Bertz CT molecular complexity index is 850. The number of sulfonamides is 1. The Morgan fingerprint density at radius 1 is 1.08 bits per heavy atom. The van der Waals surface area contributed by atoms with Crippen LogP contribution in [-0.2, 0) is 10.0 Å². The van der Waals surface area contributed by atoms with Crippen LogP contribution in [-0.4, -0.2) is 37.3 Å². The fourth-order valence-electron chi connectivity index (χ4n) is 2.95. The molecule has 25 heavy (non-hydrogen) atoms. The molecule has 6 heteroatoms. The van der Waals surface area contributed by atoms with E-state index in [4.69, 9.17) is 0 Å². The summed E-state index contributed by atoms with van der Waals surface area (Å²) in [4.78, 5) is 11.7. The van der Waals surface area contributed by atoms with Gasteiger partial charge in [0.25, 0.3) is 0 Å². The number of nitrogens with zero attached hydrogens (tertiary/aromatic N) is 1. The van der Waals surface area contributed by atoms with Crippen molar-refractivity contribution >= 4 is 27.6 Å². The lowest BCUT2D eigenvalue weighted by Crippen LogP contribution is -2.33. The standard InChI is InChI=1S/C19H21NO3S2/c1-15(21)17-8-5-9-18(14-17)25(22,23)20-11-10-19(24-13-12-20)16-6-3-2-4-7-16/h2-9,14,19H,10-13H2,1H3. The van der Waals surface area contributed by atoms with E-state index in [2.05, 4.69) is 12.1 Å². The first-order valence-corrected chi connectivity index (χ1v) is 10.7. The van der Waals surface area contributed by atoms with Gasteiger partial charge in [0.05, 0.1) is 4.90 Å². The van der Waals surface area contributed by atoms with Crippen LogP contribution in [0.5, 0.6) is 0 Å². The summed E-state index contributed by atoms with van der Waals surface area (Å²) in [7, 11) is -3.58. The van der Waals surface area contributed by atoms with Gasteiger partial charge in [0.2, 0.25) is 10.0 Å². The predicted molar refractivity (Wildman–Crippen MR) is 101 cm³/mol. The van der Waals surface area contributed by atoms with Gasteiger partial charge in [0, 0.05) is 29.7 Å². The van der Waals surface area contributed by atoms with Crippen LogP contribution in [0.1, 0.15) is 34.5 Å². The molecule has 0 amide bonds. The second kappa shape index (κ2) is 7.72. The number of thioether (sulfide) groups is 1. The highest BCUT2D eigenvalue weighted by molar-refractivity contribution is 7.99. The fourth-order valence-corrected chi connectivity index (χ4v) is 5.80. The number of hydrogen-bond donors (Lipinski definition) is 0. The van der Waals surface area contributed by atoms with E-state index in [9.17, 15) is 13.2 Å². The third kappa shape index (κ3) is 4.14. The second-order valence-electron chi connectivity index (χ2n) is 6.05. The zero-order valence-corrected chi connectivity index (χ0v) is 15.7. The number of rotatable bonds is 4. The third-order valence-corrected chi connectivity index (χ3v) is 7.57. The van der Waals surface area contributed by atoms with E-state index in [0.29, 0.717) is 23.9 Å². The van der Waals surface area contributed by atoms with Gasteiger partial charge >= 0.3 is 0 Å². The molecule has 0 saturated carbocycles. The summed E-state index contributed by atoms with van der Waals surface area (Å²) >= 11 is 1.80. The highest BCUT2D eigenvalue weighted by Crippen LogP contribution is 2.35. The van der Waals surface area contributed by atoms with Crippen LogP contribution in [0, 0.1) is 0 Å². The van der Waals surface area contributed by atoms with Crippen LogP contribution in [0.2, 0.25) is 0 Å². The van der Waals surface area contributed by atoms with Crippen molar-refractivity contribution in [3.8, 4) is 0 Å². The Balaban J connectivity index is 1.79. The molecule has 0 bridgehead atoms. The number of carbonyl (C=O) groups is 1. The predicted octanol–water partition coefficient (Wildman–Crippen LogP) is 3.76. The molecule has 0 aliphatic carbocycles. The highest BCUT2D eigenvalue weighted by atomic mass is 32.2. The fraction of sp³-hybridized carbons (Fsp3) is 0.316. The Hall–Kier alpha value is -1.63. The summed E-state index contributed by atoms with van der Waals surface area (Å²) in [6.07, 6.45) is 0.778. The van der Waals surface area contributed by atoms with E-state index < -0.39 is 10.0 Å². The van der Waals surface area contributed by atoms with Crippen molar-refractivity contribution in [3.63, 3.8) is 0 Å². The average Bonchev–Trinajstić information content (AvgIpc) is 2.89. The molecule has 0 N–H and O–H groups in total. The van der Waals surface area contributed by atoms with Crippen LogP contribution in [0.3, 0.4) is 0 Å². The SMILES string of the molecule is CC(=O)c1cccc(S(=O)(=O)N2CCSC(c3ccccc3)CC2)c1. The number of ketones is 1. The summed E-state index contributed by atoms with van der Waals surface area (Å²) < 4.78 is 27.5. The molecule has 1 unspecified atom stereocenters. The van der Waals surface area contributed by atoms with Crippen molar-refractivity contribution in [2.75, 3.05) is 18.8 Å². The molecule has 2 aromatic rings. The van der Waals surface area contributed by atoms with E-state index >= 15 is 0 Å². The summed E-state index contributed by atoms with van der Waals surface area (Å²) in [6.45, 7) is 2.42. The lowest BCUT2D eigenvalue weighted by Gasteiger charge is -2.20. The normalized spacial score (nSPS) is 19.3. The van der Waals surface area contributed by atoms with Gasteiger partial charge in [0.15, 0.2) is 5.78 Å². The van der Waals surface area contributed by atoms with Crippen molar-refractivity contribution in [3.05, 3.63) is 65.7 Å². The minimum Gasteiger partial charge on any atom is -0.295 e. The minimum absolute atomic E-state index is 0.132. The van der Waals surface area contributed by atoms with Gasteiger partial charge in [-0.3, -0.25) is 4.79 Å². The summed E-state index contributed by atoms with van der Waals surface area (Å²) in [5.74, 6) is 0.623. The van der Waals surface area contributed by atoms with E-state index in [1.807, 2.05) is 18.2 Å². The molecule has 1 aliphatic heterocycles. The Morgan fingerprint density at radius 3 is 2.56 bits per heavy atom. The average molecular weight is 376 g/mol. The maximum atomic E-state index is 13.0. The van der Waals surface area contributed by atoms with Crippen molar-refractivity contribution in [1.82, 2.24) is 4.31 Å². The maximum absolute atomic E-state index is 13.0. The van der Waals surface area contributed by atoms with Crippen LogP contribution in [0.4, 0.5) is 0 Å². The zero-order valence-electron chi connectivity index (χ0n) is 14.1. The van der Waals surface area contributed by atoms with Gasteiger partial charge in [-0.25, -0.2) is 8.42 Å². The first kappa shape index (κ1) is 18.2. The first-order valence-electron chi connectivity index (χ1n) is 8.26. The van der Waals surface area contributed by atoms with Crippen LogP contribution < -0.4 is 0 Å². The van der Waals surface area contributed by atoms with Gasteiger partial charge in [-0.15, -0.1) is 0 Å². The highest BCUT2D eigenvalue weighted by Gasteiger charge is 2.28. The molecule has 1 fully saturated rings. The van der Waals surface area contributed by atoms with E-state index in [1.165, 1.54) is 18.6 Å². The molecule has 0 radical (unpaired) electrons. The number of carbonyl (C=O) groups excluding carboxylic acids is 1. The molecule has 1 heterocycles. The number of hydrogen-bond acceptors (Lipinski definition) is 4. The Morgan fingerprint density at radius 2 is 1.84 bits per heavy atom. The van der Waals surface area contributed by atoms with Crippen molar-refractivity contribution in [1.29, 1.82) is 0 Å². The Labute approximate surface area is 153 Å². The van der Waals surface area contributed by atoms with E-state index in [0.717, 1.165) is 12.2 Å². The Kier molecular flexibility index (Phi) is 5.61. The van der Waals surface area contributed by atoms with Gasteiger partial charge in [0.1, 0.15) is 0 Å². The van der Waals surface area contributed by atoms with E-state index in [-0.39, 0.29) is 10.7 Å². The lowest BCUT2D eigenvalue weighted by molar-refractivity contribution is 0.101. The lowest BCUT2D eigenvalue weighted by atomic mass is 10.1. The quantitative estimate of drug-likeness (QED) is 0.764. The van der Waals surface area contributed by atoms with Gasteiger partial charge in [-0.05, 0) is 31.0 Å². The number of benzene rings is 2. The molecule has 1 aliphatic rings. The van der Waals surface area contributed by atoms with Crippen LogP contribution >= 0.6 is 11.8 Å². The summed E-state index contributed by atoms with van der Waals surface area (Å²) in [5, 5.41) is 0.310. The first-order chi connectivity index (χ1) is 12.0. The van der Waals surface area contributed by atoms with Crippen molar-refractivity contribution < 1.29 is 13.2 Å². The van der Waals surface area contributed by atoms with Gasteiger partial charge in [-0.1, -0.05) is 42.5 Å².